The van der Waals surface area contributed by atoms with Gasteiger partial charge < -0.3 is 25.5 Å². The molecule has 0 radical (unpaired) electrons. The molecule has 0 saturated heterocycles. The Morgan fingerprint density at radius 2 is 1.80 bits per heavy atom. The molecule has 1 amide bonds. The van der Waals surface area contributed by atoms with Crippen LogP contribution >= 0.6 is 0 Å². The van der Waals surface area contributed by atoms with E-state index in [0.717, 1.165) is 22.2 Å². The van der Waals surface area contributed by atoms with Crippen LogP contribution < -0.4 is 21.3 Å². The highest BCUT2D eigenvalue weighted by Crippen LogP contribution is 2.24. The lowest BCUT2D eigenvalue weighted by molar-refractivity contribution is -0.122. The number of carbonyl (C=O) groups excluding carboxylic acids is 1. The van der Waals surface area contributed by atoms with Crippen molar-refractivity contribution in [2.45, 2.75) is 25.6 Å². The Bertz CT molecular complexity index is 1010. The van der Waals surface area contributed by atoms with Gasteiger partial charge in [-0.2, -0.15) is 0 Å². The molecule has 1 unspecified atom stereocenters. The molecule has 6 nitrogen and oxygen atoms in total. The van der Waals surface area contributed by atoms with E-state index >= 15 is 0 Å². The molecular weight excluding hydrogens is 379 g/mol. The predicted octanol–water partition coefficient (Wildman–Crippen LogP) is 1.88. The number of benzene rings is 3. The lowest BCUT2D eigenvalue weighted by atomic mass is 9.80. The smallest absolute Gasteiger partial charge is 0.457 e. The molecule has 1 aliphatic rings. The molecule has 1 aliphatic heterocycles. The summed E-state index contributed by atoms with van der Waals surface area (Å²) in [5, 5.41) is 12.6. The topological polar surface area (TPSA) is 93.8 Å². The predicted molar refractivity (Wildman–Crippen MR) is 115 cm³/mol. The van der Waals surface area contributed by atoms with Gasteiger partial charge in [0.15, 0.2) is 0 Å². The van der Waals surface area contributed by atoms with Crippen LogP contribution in [0, 0.1) is 0 Å². The Hall–Kier alpha value is -3.13. The van der Waals surface area contributed by atoms with E-state index in [1.165, 1.54) is 0 Å². The SMILES string of the molecule is NC(Cc1ccccc1)C(=O)NCc1ccc(Oc2ccc3c(c2)COB3O)cc1. The Labute approximate surface area is 175 Å². The zero-order chi connectivity index (χ0) is 20.9. The number of ether oxygens (including phenoxy) is 1. The van der Waals surface area contributed by atoms with Gasteiger partial charge in [0.1, 0.15) is 11.5 Å². The maximum Gasteiger partial charge on any atom is 0.491 e. The van der Waals surface area contributed by atoms with Crippen LogP contribution in [-0.2, 0) is 29.0 Å². The second-order valence-corrected chi connectivity index (χ2v) is 7.28. The van der Waals surface area contributed by atoms with E-state index in [1.54, 1.807) is 6.07 Å². The molecule has 3 aromatic rings. The van der Waals surface area contributed by atoms with Gasteiger partial charge in [-0.15, -0.1) is 0 Å². The third-order valence-corrected chi connectivity index (χ3v) is 5.04. The van der Waals surface area contributed by atoms with Crippen LogP contribution in [0.2, 0.25) is 0 Å². The average Bonchev–Trinajstić information content (AvgIpc) is 3.14. The van der Waals surface area contributed by atoms with E-state index in [-0.39, 0.29) is 5.91 Å². The summed E-state index contributed by atoms with van der Waals surface area (Å²) in [6.07, 6.45) is 0.502. The zero-order valence-corrected chi connectivity index (χ0v) is 16.5. The van der Waals surface area contributed by atoms with Gasteiger partial charge in [0.2, 0.25) is 5.91 Å². The van der Waals surface area contributed by atoms with Crippen molar-refractivity contribution in [3.8, 4) is 11.5 Å². The molecule has 152 valence electrons. The van der Waals surface area contributed by atoms with Crippen LogP contribution in [0.4, 0.5) is 0 Å². The van der Waals surface area contributed by atoms with Gasteiger partial charge in [-0.3, -0.25) is 4.79 Å². The van der Waals surface area contributed by atoms with Gasteiger partial charge in [0.05, 0.1) is 12.6 Å². The van der Waals surface area contributed by atoms with Crippen molar-refractivity contribution in [3.05, 3.63) is 89.5 Å². The van der Waals surface area contributed by atoms with Crippen LogP contribution in [-0.4, -0.2) is 24.1 Å². The largest absolute Gasteiger partial charge is 0.491 e. The molecule has 0 aliphatic carbocycles. The van der Waals surface area contributed by atoms with Crippen molar-refractivity contribution in [2.75, 3.05) is 0 Å². The van der Waals surface area contributed by atoms with Gasteiger partial charge in [-0.25, -0.2) is 0 Å². The van der Waals surface area contributed by atoms with E-state index in [2.05, 4.69) is 5.32 Å². The fourth-order valence-electron chi connectivity index (χ4n) is 3.36. The Kier molecular flexibility index (Phi) is 6.14. The molecular formula is C23H23BN2O4. The average molecular weight is 402 g/mol. The third-order valence-electron chi connectivity index (χ3n) is 5.04. The summed E-state index contributed by atoms with van der Waals surface area (Å²) in [7, 11) is -0.857. The second kappa shape index (κ2) is 9.13. The van der Waals surface area contributed by atoms with E-state index in [4.69, 9.17) is 15.1 Å². The molecule has 0 spiro atoms. The summed E-state index contributed by atoms with van der Waals surface area (Å²) in [5.74, 6) is 1.19. The van der Waals surface area contributed by atoms with Gasteiger partial charge >= 0.3 is 7.12 Å². The first kappa shape index (κ1) is 20.2. The van der Waals surface area contributed by atoms with Gasteiger partial charge in [-0.1, -0.05) is 48.5 Å². The molecule has 0 saturated carbocycles. The van der Waals surface area contributed by atoms with Crippen LogP contribution in [0.3, 0.4) is 0 Å². The van der Waals surface area contributed by atoms with Crippen LogP contribution in [0.1, 0.15) is 16.7 Å². The Balaban J connectivity index is 1.29. The Morgan fingerprint density at radius 3 is 2.57 bits per heavy atom. The highest BCUT2D eigenvalue weighted by molar-refractivity contribution is 6.61. The monoisotopic (exact) mass is 402 g/mol. The number of fused-ring (bicyclic) bond motifs is 1. The fourth-order valence-corrected chi connectivity index (χ4v) is 3.36. The molecule has 1 atom stereocenters. The zero-order valence-electron chi connectivity index (χ0n) is 16.5. The highest BCUT2D eigenvalue weighted by Gasteiger charge is 2.27. The molecule has 7 heteroatoms. The summed E-state index contributed by atoms with van der Waals surface area (Å²) >= 11 is 0. The first-order valence-corrected chi connectivity index (χ1v) is 9.85. The molecule has 30 heavy (non-hydrogen) atoms. The number of carbonyl (C=O) groups is 1. The molecule has 0 fully saturated rings. The number of nitrogens with two attached hydrogens (primary N) is 1. The quantitative estimate of drug-likeness (QED) is 0.525. The standard InChI is InChI=1S/C23H23BN2O4/c25-22(12-16-4-2-1-3-5-16)23(27)26-14-17-6-8-19(9-7-17)30-20-10-11-21-18(13-20)15-29-24(21)28/h1-11,13,22,28H,12,14-15,25H2,(H,26,27). The maximum absolute atomic E-state index is 12.3. The minimum atomic E-state index is -0.857. The summed E-state index contributed by atoms with van der Waals surface area (Å²) in [6.45, 7) is 0.772. The van der Waals surface area contributed by atoms with Crippen LogP contribution in [0.15, 0.2) is 72.8 Å². The van der Waals surface area contributed by atoms with Crippen molar-refractivity contribution in [1.29, 1.82) is 0 Å². The molecule has 1 heterocycles. The van der Waals surface area contributed by atoms with Crippen molar-refractivity contribution in [1.82, 2.24) is 5.32 Å². The van der Waals surface area contributed by atoms with Gasteiger partial charge in [0, 0.05) is 6.54 Å². The second-order valence-electron chi connectivity index (χ2n) is 7.28. The van der Waals surface area contributed by atoms with Crippen molar-refractivity contribution < 1.29 is 19.2 Å². The first-order chi connectivity index (χ1) is 14.6. The maximum atomic E-state index is 12.3. The summed E-state index contributed by atoms with van der Waals surface area (Å²) in [6, 6.07) is 22.1. The van der Waals surface area contributed by atoms with E-state index in [9.17, 15) is 9.82 Å². The van der Waals surface area contributed by atoms with E-state index in [1.807, 2.05) is 66.7 Å². The number of hydrogen-bond donors (Lipinski definition) is 3. The summed E-state index contributed by atoms with van der Waals surface area (Å²) < 4.78 is 11.1. The minimum absolute atomic E-state index is 0.179. The van der Waals surface area contributed by atoms with Crippen LogP contribution in [0.5, 0.6) is 11.5 Å². The number of amides is 1. The summed E-state index contributed by atoms with van der Waals surface area (Å²) in [5.41, 5.74) is 9.70. The third kappa shape index (κ3) is 4.89. The van der Waals surface area contributed by atoms with Crippen molar-refractivity contribution >= 4 is 18.5 Å². The highest BCUT2D eigenvalue weighted by atomic mass is 16.5. The molecule has 3 aromatic carbocycles. The fraction of sp³-hybridized carbons (Fsp3) is 0.174. The van der Waals surface area contributed by atoms with Gasteiger partial charge in [-0.05, 0) is 52.8 Å². The molecule has 0 bridgehead atoms. The normalized spacial score (nSPS) is 13.6. The first-order valence-electron chi connectivity index (χ1n) is 9.85. The van der Waals surface area contributed by atoms with Crippen molar-refractivity contribution in [3.63, 3.8) is 0 Å². The molecule has 0 aromatic heterocycles. The lowest BCUT2D eigenvalue weighted by Crippen LogP contribution is -2.41. The number of hydrogen-bond acceptors (Lipinski definition) is 5. The van der Waals surface area contributed by atoms with E-state index < -0.39 is 13.2 Å². The number of rotatable bonds is 7. The van der Waals surface area contributed by atoms with Gasteiger partial charge in [0.25, 0.3) is 0 Å². The van der Waals surface area contributed by atoms with Crippen molar-refractivity contribution in [2.24, 2.45) is 5.73 Å². The number of nitrogens with one attached hydrogen (secondary N) is 1. The molecule has 4 N–H and O–H groups in total. The van der Waals surface area contributed by atoms with Crippen LogP contribution in [0.25, 0.3) is 0 Å². The van der Waals surface area contributed by atoms with E-state index in [0.29, 0.717) is 31.1 Å². The summed E-state index contributed by atoms with van der Waals surface area (Å²) in [4.78, 5) is 12.3. The molecule has 4 rings (SSSR count). The lowest BCUT2D eigenvalue weighted by Gasteiger charge is -2.13. The minimum Gasteiger partial charge on any atom is -0.457 e. The Morgan fingerprint density at radius 1 is 1.07 bits per heavy atom.